The van der Waals surface area contributed by atoms with Gasteiger partial charge in [0, 0.05) is 25.2 Å². The number of anilines is 1. The Morgan fingerprint density at radius 2 is 1.93 bits per heavy atom. The van der Waals surface area contributed by atoms with Crippen LogP contribution in [0.5, 0.6) is 0 Å². The van der Waals surface area contributed by atoms with Crippen molar-refractivity contribution in [1.82, 2.24) is 9.46 Å². The van der Waals surface area contributed by atoms with Gasteiger partial charge in [-0.3, -0.25) is 4.90 Å². The first-order chi connectivity index (χ1) is 13.5. The molecule has 0 radical (unpaired) electrons. The van der Waals surface area contributed by atoms with Crippen LogP contribution in [0.3, 0.4) is 0 Å². The number of pyridine rings is 1. The van der Waals surface area contributed by atoms with Gasteiger partial charge in [-0.1, -0.05) is 5.16 Å². The molecule has 2 aromatic heterocycles. The van der Waals surface area contributed by atoms with Gasteiger partial charge in [0.15, 0.2) is 0 Å². The van der Waals surface area contributed by atoms with E-state index in [1.807, 2.05) is 19.1 Å². The molecule has 0 amide bonds. The number of H-pyrrole nitrogens is 1. The molecule has 152 valence electrons. The van der Waals surface area contributed by atoms with Crippen LogP contribution in [0.25, 0.3) is 0 Å². The van der Waals surface area contributed by atoms with E-state index in [0.29, 0.717) is 31.2 Å². The molecule has 0 bridgehead atoms. The third-order valence-corrected chi connectivity index (χ3v) is 7.19. The molecule has 0 saturated carbocycles. The molecule has 0 aliphatic carbocycles. The van der Waals surface area contributed by atoms with Crippen LogP contribution in [0.1, 0.15) is 11.5 Å². The molecular formula is C18H27N5O4S+2. The van der Waals surface area contributed by atoms with Crippen molar-refractivity contribution in [3.05, 3.63) is 35.9 Å². The molecule has 2 saturated heterocycles. The summed E-state index contributed by atoms with van der Waals surface area (Å²) in [5, 5.41) is 4.07. The zero-order valence-corrected chi connectivity index (χ0v) is 16.9. The van der Waals surface area contributed by atoms with Gasteiger partial charge in [-0.2, -0.15) is 4.31 Å². The van der Waals surface area contributed by atoms with Crippen LogP contribution >= 0.6 is 0 Å². The van der Waals surface area contributed by atoms with Crippen LogP contribution < -0.4 is 14.8 Å². The number of quaternary nitrogens is 1. The molecule has 2 aliphatic rings. The van der Waals surface area contributed by atoms with E-state index in [0.717, 1.165) is 50.0 Å². The van der Waals surface area contributed by atoms with Crippen molar-refractivity contribution in [2.45, 2.75) is 18.4 Å². The highest BCUT2D eigenvalue weighted by Gasteiger charge is 2.30. The van der Waals surface area contributed by atoms with E-state index in [9.17, 15) is 8.42 Å². The SMILES string of the molecule is Cc1cc(C[NH+]2CCN(c3ccc(S(=O)(=O)N4CCOCC4)c[nH+]3)CC2)no1. The standard InChI is InChI=1S/C18H25N5O4S/c1-15-12-16(20-27-15)14-21-4-6-22(7-5-21)18-3-2-17(13-19-18)28(24,25)23-8-10-26-11-9-23/h2-3,12-13H,4-11,14H2,1H3/p+2. The van der Waals surface area contributed by atoms with Crippen LogP contribution in [0, 0.1) is 6.92 Å². The van der Waals surface area contributed by atoms with E-state index >= 15 is 0 Å². The number of hydrogen-bond acceptors (Lipinski definition) is 6. The Morgan fingerprint density at radius 1 is 1.18 bits per heavy atom. The summed E-state index contributed by atoms with van der Waals surface area (Å²) < 4.78 is 37.3. The number of ether oxygens (including phenoxy) is 1. The number of nitrogens with zero attached hydrogens (tertiary/aromatic N) is 3. The first-order valence-electron chi connectivity index (χ1n) is 9.63. The number of nitrogens with one attached hydrogen (secondary N) is 2. The lowest BCUT2D eigenvalue weighted by Crippen LogP contribution is -3.13. The quantitative estimate of drug-likeness (QED) is 0.661. The Kier molecular flexibility index (Phi) is 5.63. The summed E-state index contributed by atoms with van der Waals surface area (Å²) in [6.45, 7) is 8.26. The van der Waals surface area contributed by atoms with Gasteiger partial charge < -0.3 is 14.2 Å². The van der Waals surface area contributed by atoms with Crippen molar-refractivity contribution >= 4 is 15.8 Å². The number of aromatic nitrogens is 2. The average molecular weight is 410 g/mol. The van der Waals surface area contributed by atoms with Crippen molar-refractivity contribution in [1.29, 1.82) is 0 Å². The maximum absolute atomic E-state index is 12.7. The minimum atomic E-state index is -3.47. The molecule has 0 spiro atoms. The van der Waals surface area contributed by atoms with Gasteiger partial charge in [-0.05, 0) is 13.0 Å². The van der Waals surface area contributed by atoms with Gasteiger partial charge in [-0.25, -0.2) is 13.4 Å². The Labute approximate surface area is 164 Å². The van der Waals surface area contributed by atoms with Crippen molar-refractivity contribution in [2.75, 3.05) is 57.4 Å². The number of hydrogen-bond donors (Lipinski definition) is 1. The van der Waals surface area contributed by atoms with Gasteiger partial charge in [0.05, 0.1) is 13.2 Å². The molecule has 2 fully saturated rings. The van der Waals surface area contributed by atoms with Gasteiger partial charge in [0.1, 0.15) is 55.3 Å². The van der Waals surface area contributed by atoms with Crippen LogP contribution in [0.2, 0.25) is 0 Å². The van der Waals surface area contributed by atoms with E-state index < -0.39 is 10.0 Å². The number of sulfonamides is 1. The molecule has 10 heteroatoms. The topological polar surface area (TPSA) is 94.5 Å². The maximum Gasteiger partial charge on any atom is 0.274 e. The van der Waals surface area contributed by atoms with E-state index in [-0.39, 0.29) is 0 Å². The largest absolute Gasteiger partial charge is 0.379 e. The lowest BCUT2D eigenvalue weighted by molar-refractivity contribution is -0.914. The fourth-order valence-corrected chi connectivity index (χ4v) is 5.07. The number of aryl methyl sites for hydroxylation is 1. The Balaban J connectivity index is 1.35. The third-order valence-electron chi connectivity index (χ3n) is 5.29. The van der Waals surface area contributed by atoms with Crippen molar-refractivity contribution in [3.8, 4) is 0 Å². The predicted molar refractivity (Wildman–Crippen MR) is 100 cm³/mol. The second-order valence-electron chi connectivity index (χ2n) is 7.27. The lowest BCUT2D eigenvalue weighted by atomic mass is 10.2. The summed E-state index contributed by atoms with van der Waals surface area (Å²) in [6.07, 6.45) is 1.59. The summed E-state index contributed by atoms with van der Waals surface area (Å²) in [6, 6.07) is 5.54. The molecule has 4 rings (SSSR count). The second-order valence-corrected chi connectivity index (χ2v) is 9.21. The van der Waals surface area contributed by atoms with Crippen molar-refractivity contribution in [3.63, 3.8) is 0 Å². The van der Waals surface area contributed by atoms with Crippen molar-refractivity contribution in [2.24, 2.45) is 0 Å². The summed E-state index contributed by atoms with van der Waals surface area (Å²) in [5.41, 5.74) is 0.991. The molecule has 28 heavy (non-hydrogen) atoms. The van der Waals surface area contributed by atoms with Crippen LogP contribution in [-0.2, 0) is 21.3 Å². The first kappa shape index (κ1) is 19.3. The van der Waals surface area contributed by atoms with E-state index in [4.69, 9.17) is 9.26 Å². The van der Waals surface area contributed by atoms with E-state index in [2.05, 4.69) is 15.0 Å². The maximum atomic E-state index is 12.7. The summed E-state index contributed by atoms with van der Waals surface area (Å²) in [7, 11) is -3.47. The number of morpholine rings is 1. The van der Waals surface area contributed by atoms with Gasteiger partial charge in [0.2, 0.25) is 10.0 Å². The highest BCUT2D eigenvalue weighted by molar-refractivity contribution is 7.89. The fourth-order valence-electron chi connectivity index (χ4n) is 3.69. The summed E-state index contributed by atoms with van der Waals surface area (Å²) >= 11 is 0. The molecule has 0 unspecified atom stereocenters. The van der Waals surface area contributed by atoms with Crippen LogP contribution in [0.15, 0.2) is 33.8 Å². The smallest absolute Gasteiger partial charge is 0.274 e. The van der Waals surface area contributed by atoms with Crippen LogP contribution in [0.4, 0.5) is 5.82 Å². The summed E-state index contributed by atoms with van der Waals surface area (Å²) in [4.78, 5) is 7.19. The van der Waals surface area contributed by atoms with Gasteiger partial charge in [-0.15, -0.1) is 0 Å². The van der Waals surface area contributed by atoms with Gasteiger partial charge >= 0.3 is 0 Å². The second kappa shape index (κ2) is 8.16. The zero-order valence-electron chi connectivity index (χ0n) is 16.1. The van der Waals surface area contributed by atoms with Crippen LogP contribution in [-0.4, -0.2) is 70.4 Å². The predicted octanol–water partition coefficient (Wildman–Crippen LogP) is -1.28. The van der Waals surface area contributed by atoms with Gasteiger partial charge in [0.25, 0.3) is 5.82 Å². The van der Waals surface area contributed by atoms with E-state index in [1.54, 1.807) is 12.3 Å². The Bertz CT molecular complexity index is 885. The molecule has 2 aromatic rings. The molecule has 9 nitrogen and oxygen atoms in total. The molecular weight excluding hydrogens is 382 g/mol. The third kappa shape index (κ3) is 4.19. The Morgan fingerprint density at radius 3 is 2.54 bits per heavy atom. The minimum absolute atomic E-state index is 0.295. The molecule has 2 N–H and O–H groups in total. The molecule has 0 aromatic carbocycles. The fraction of sp³-hybridized carbons (Fsp3) is 0.556. The normalized spacial score (nSPS) is 19.8. The average Bonchev–Trinajstić information content (AvgIpc) is 3.14. The minimum Gasteiger partial charge on any atom is -0.379 e. The highest BCUT2D eigenvalue weighted by atomic mass is 32.2. The molecule has 0 atom stereocenters. The Hall–Kier alpha value is -2.01. The molecule has 4 heterocycles. The monoisotopic (exact) mass is 409 g/mol. The first-order valence-corrected chi connectivity index (χ1v) is 11.1. The number of piperazine rings is 1. The number of rotatable bonds is 5. The lowest BCUT2D eigenvalue weighted by Gasteiger charge is -2.28. The van der Waals surface area contributed by atoms with Crippen molar-refractivity contribution < 1.29 is 27.6 Å². The van der Waals surface area contributed by atoms with E-state index in [1.165, 1.54) is 9.21 Å². The molecule has 2 aliphatic heterocycles. The highest BCUT2D eigenvalue weighted by Crippen LogP contribution is 2.17. The number of aromatic amines is 1. The summed E-state index contributed by atoms with van der Waals surface area (Å²) in [5.74, 6) is 1.78. The zero-order chi connectivity index (χ0) is 19.6.